The van der Waals surface area contributed by atoms with E-state index in [4.69, 9.17) is 16.3 Å². The van der Waals surface area contributed by atoms with Crippen LogP contribution in [-0.2, 0) is 4.79 Å². The maximum absolute atomic E-state index is 11.4. The molecule has 2 aromatic rings. The summed E-state index contributed by atoms with van der Waals surface area (Å²) < 4.78 is 5.06. The van der Waals surface area contributed by atoms with Gasteiger partial charge in [-0.3, -0.25) is 0 Å². The van der Waals surface area contributed by atoms with Crippen molar-refractivity contribution in [2.24, 2.45) is 0 Å². The van der Waals surface area contributed by atoms with Gasteiger partial charge >= 0.3 is 5.97 Å². The highest BCUT2D eigenvalue weighted by atomic mass is 35.5. The molecule has 0 aliphatic carbocycles. The maximum Gasteiger partial charge on any atom is 0.336 e. The van der Waals surface area contributed by atoms with Crippen molar-refractivity contribution in [2.45, 2.75) is 0 Å². The molecule has 0 amide bonds. The summed E-state index contributed by atoms with van der Waals surface area (Å²) in [5.41, 5.74) is 1.62. The first-order chi connectivity index (χ1) is 9.60. The maximum atomic E-state index is 11.4. The molecule has 0 saturated carbocycles. The molecule has 102 valence electrons. The summed E-state index contributed by atoms with van der Waals surface area (Å²) in [6.45, 7) is 0. The summed E-state index contributed by atoms with van der Waals surface area (Å²) >= 11 is 5.81. The first-order valence-electron chi connectivity index (χ1n) is 5.95. The third-order valence-corrected chi connectivity index (χ3v) is 3.06. The lowest BCUT2D eigenvalue weighted by atomic mass is 10.0. The van der Waals surface area contributed by atoms with Crippen molar-refractivity contribution in [1.29, 1.82) is 0 Å². The zero-order valence-corrected chi connectivity index (χ0v) is 11.6. The van der Waals surface area contributed by atoms with E-state index in [1.54, 1.807) is 61.7 Å². The number of methoxy groups -OCH3 is 1. The molecule has 0 atom stereocenters. The standard InChI is InChI=1S/C16H13ClO3/c1-20-14-8-4-12(5-9-14)15(16(18)19)10-11-2-6-13(17)7-3-11/h2-10H,1H3,(H,18,19)/b15-10+. The highest BCUT2D eigenvalue weighted by Gasteiger charge is 2.10. The van der Waals surface area contributed by atoms with Gasteiger partial charge in [-0.05, 0) is 41.5 Å². The molecule has 0 spiro atoms. The Balaban J connectivity index is 2.39. The summed E-state index contributed by atoms with van der Waals surface area (Å²) in [7, 11) is 1.57. The van der Waals surface area contributed by atoms with E-state index in [0.717, 1.165) is 5.56 Å². The van der Waals surface area contributed by atoms with Gasteiger partial charge in [0.2, 0.25) is 0 Å². The molecule has 4 heteroatoms. The molecule has 0 saturated heterocycles. The monoisotopic (exact) mass is 288 g/mol. The summed E-state index contributed by atoms with van der Waals surface area (Å²) in [6.07, 6.45) is 1.61. The fourth-order valence-corrected chi connectivity index (χ4v) is 1.89. The number of hydrogen-bond donors (Lipinski definition) is 1. The van der Waals surface area contributed by atoms with Gasteiger partial charge in [-0.1, -0.05) is 35.9 Å². The minimum atomic E-state index is -0.981. The fraction of sp³-hybridized carbons (Fsp3) is 0.0625. The summed E-state index contributed by atoms with van der Waals surface area (Å²) in [6, 6.07) is 13.9. The average Bonchev–Trinajstić information content (AvgIpc) is 2.46. The molecule has 1 N–H and O–H groups in total. The van der Waals surface area contributed by atoms with Gasteiger partial charge in [-0.15, -0.1) is 0 Å². The molecule has 0 radical (unpaired) electrons. The molecule has 0 fully saturated rings. The summed E-state index contributed by atoms with van der Waals surface area (Å²) in [5, 5.41) is 9.96. The number of benzene rings is 2. The number of rotatable bonds is 4. The Bertz CT molecular complexity index is 628. The Labute approximate surface area is 122 Å². The van der Waals surface area contributed by atoms with Crippen LogP contribution in [0, 0.1) is 0 Å². The van der Waals surface area contributed by atoms with Crippen LogP contribution in [0.25, 0.3) is 11.6 Å². The Morgan fingerprint density at radius 3 is 2.20 bits per heavy atom. The zero-order chi connectivity index (χ0) is 14.5. The van der Waals surface area contributed by atoms with Gasteiger partial charge in [0.15, 0.2) is 0 Å². The first kappa shape index (κ1) is 14.2. The summed E-state index contributed by atoms with van der Waals surface area (Å²) in [4.78, 5) is 11.4. The van der Waals surface area contributed by atoms with Crippen molar-refractivity contribution < 1.29 is 14.6 Å². The van der Waals surface area contributed by atoms with Crippen LogP contribution in [0.2, 0.25) is 5.02 Å². The Morgan fingerprint density at radius 2 is 1.70 bits per heavy atom. The SMILES string of the molecule is COc1ccc(/C(=C\c2ccc(Cl)cc2)C(=O)O)cc1. The highest BCUT2D eigenvalue weighted by molar-refractivity contribution is 6.30. The summed E-state index contributed by atoms with van der Waals surface area (Å²) in [5.74, 6) is -0.296. The van der Waals surface area contributed by atoms with Crippen molar-refractivity contribution in [1.82, 2.24) is 0 Å². The van der Waals surface area contributed by atoms with Crippen LogP contribution in [0.1, 0.15) is 11.1 Å². The fourth-order valence-electron chi connectivity index (χ4n) is 1.76. The van der Waals surface area contributed by atoms with Crippen LogP contribution >= 0.6 is 11.6 Å². The molecule has 3 nitrogen and oxygen atoms in total. The zero-order valence-electron chi connectivity index (χ0n) is 10.8. The smallest absolute Gasteiger partial charge is 0.336 e. The van der Waals surface area contributed by atoms with Crippen molar-refractivity contribution in [2.75, 3.05) is 7.11 Å². The molecule has 0 aliphatic rings. The number of carbonyl (C=O) groups is 1. The topological polar surface area (TPSA) is 46.5 Å². The quantitative estimate of drug-likeness (QED) is 0.684. The van der Waals surface area contributed by atoms with Gasteiger partial charge in [-0.2, -0.15) is 0 Å². The van der Waals surface area contributed by atoms with E-state index >= 15 is 0 Å². The third-order valence-electron chi connectivity index (χ3n) is 2.81. The third kappa shape index (κ3) is 3.39. The second-order valence-electron chi connectivity index (χ2n) is 4.14. The normalized spacial score (nSPS) is 11.2. The van der Waals surface area contributed by atoms with Crippen LogP contribution in [0.15, 0.2) is 48.5 Å². The molecule has 0 bridgehead atoms. The number of carboxylic acids is 1. The van der Waals surface area contributed by atoms with E-state index in [1.807, 2.05) is 0 Å². The molecule has 0 heterocycles. The molecular formula is C16H13ClO3. The van der Waals surface area contributed by atoms with E-state index in [1.165, 1.54) is 0 Å². The second-order valence-corrected chi connectivity index (χ2v) is 4.58. The molecule has 0 aliphatic heterocycles. The molecule has 20 heavy (non-hydrogen) atoms. The van der Waals surface area contributed by atoms with Gasteiger partial charge in [0.05, 0.1) is 12.7 Å². The Kier molecular flexibility index (Phi) is 4.43. The van der Waals surface area contributed by atoms with Crippen LogP contribution in [0.5, 0.6) is 5.75 Å². The number of aliphatic carboxylic acids is 1. The molecule has 2 aromatic carbocycles. The highest BCUT2D eigenvalue weighted by Crippen LogP contribution is 2.22. The molecule has 0 unspecified atom stereocenters. The Hall–Kier alpha value is -2.26. The lowest BCUT2D eigenvalue weighted by molar-refractivity contribution is -0.130. The van der Waals surface area contributed by atoms with Gasteiger partial charge < -0.3 is 9.84 Å². The first-order valence-corrected chi connectivity index (χ1v) is 6.33. The average molecular weight is 289 g/mol. The predicted octanol–water partition coefficient (Wildman–Crippen LogP) is 3.97. The van der Waals surface area contributed by atoms with Crippen LogP contribution in [0.4, 0.5) is 0 Å². The number of carboxylic acid groups (broad SMARTS) is 1. The van der Waals surface area contributed by atoms with E-state index < -0.39 is 5.97 Å². The minimum Gasteiger partial charge on any atom is -0.497 e. The van der Waals surface area contributed by atoms with Crippen LogP contribution < -0.4 is 4.74 Å². The largest absolute Gasteiger partial charge is 0.497 e. The van der Waals surface area contributed by atoms with Crippen molar-refractivity contribution in [3.63, 3.8) is 0 Å². The lowest BCUT2D eigenvalue weighted by Crippen LogP contribution is -1.99. The lowest BCUT2D eigenvalue weighted by Gasteiger charge is -2.05. The van der Waals surface area contributed by atoms with Gasteiger partial charge in [0, 0.05) is 5.02 Å². The predicted molar refractivity (Wildman–Crippen MR) is 80.0 cm³/mol. The van der Waals surface area contributed by atoms with Gasteiger partial charge in [-0.25, -0.2) is 4.79 Å². The molecule has 2 rings (SSSR count). The Morgan fingerprint density at radius 1 is 1.10 bits per heavy atom. The van der Waals surface area contributed by atoms with Crippen molar-refractivity contribution >= 4 is 29.2 Å². The van der Waals surface area contributed by atoms with Crippen LogP contribution in [-0.4, -0.2) is 18.2 Å². The number of ether oxygens (including phenoxy) is 1. The second kappa shape index (κ2) is 6.26. The van der Waals surface area contributed by atoms with Crippen molar-refractivity contribution in [3.05, 3.63) is 64.7 Å². The van der Waals surface area contributed by atoms with E-state index in [-0.39, 0.29) is 5.57 Å². The van der Waals surface area contributed by atoms with Crippen molar-refractivity contribution in [3.8, 4) is 5.75 Å². The molecule has 0 aromatic heterocycles. The number of hydrogen-bond acceptors (Lipinski definition) is 2. The van der Waals surface area contributed by atoms with Gasteiger partial charge in [0.25, 0.3) is 0 Å². The van der Waals surface area contributed by atoms with Gasteiger partial charge in [0.1, 0.15) is 5.75 Å². The minimum absolute atomic E-state index is 0.218. The number of halogens is 1. The van der Waals surface area contributed by atoms with E-state index in [9.17, 15) is 9.90 Å². The van der Waals surface area contributed by atoms with Crippen LogP contribution in [0.3, 0.4) is 0 Å². The van der Waals surface area contributed by atoms with E-state index in [2.05, 4.69) is 0 Å². The molecular weight excluding hydrogens is 276 g/mol. The van der Waals surface area contributed by atoms with E-state index in [0.29, 0.717) is 16.3 Å².